The SMILES string of the molecule is CCCCCOc1cc2c(cc1OC)c(-c1ccc3nsnc3c1)c(C(=O)O)n2Cc1ccccc1OC. The number of hydrogen-bond donors (Lipinski definition) is 1. The number of carboxylic acid groups (broad SMARTS) is 1. The number of ether oxygens (including phenoxy) is 3. The minimum Gasteiger partial charge on any atom is -0.496 e. The smallest absolute Gasteiger partial charge is 0.353 e. The first-order chi connectivity index (χ1) is 18.5. The Kier molecular flexibility index (Phi) is 7.46. The van der Waals surface area contributed by atoms with Gasteiger partial charge in [0.25, 0.3) is 0 Å². The van der Waals surface area contributed by atoms with Crippen molar-refractivity contribution in [2.45, 2.75) is 32.7 Å². The number of aromatic carboxylic acids is 1. The molecular weight excluding hydrogens is 502 g/mol. The molecule has 0 aliphatic carbocycles. The van der Waals surface area contributed by atoms with E-state index in [4.69, 9.17) is 14.2 Å². The van der Waals surface area contributed by atoms with Gasteiger partial charge in [-0.05, 0) is 36.2 Å². The summed E-state index contributed by atoms with van der Waals surface area (Å²) in [7, 11) is 3.21. The van der Waals surface area contributed by atoms with Crippen LogP contribution in [0.15, 0.2) is 54.6 Å². The van der Waals surface area contributed by atoms with Crippen LogP contribution in [0.5, 0.6) is 17.2 Å². The first-order valence-electron chi connectivity index (χ1n) is 12.5. The first kappa shape index (κ1) is 25.5. The Bertz CT molecular complexity index is 1610. The first-order valence-corrected chi connectivity index (χ1v) is 13.2. The Morgan fingerprint density at radius 3 is 2.50 bits per heavy atom. The van der Waals surface area contributed by atoms with Gasteiger partial charge in [0.05, 0.1) is 44.6 Å². The number of hydrogen-bond acceptors (Lipinski definition) is 7. The van der Waals surface area contributed by atoms with Crippen molar-refractivity contribution < 1.29 is 24.1 Å². The molecule has 0 amide bonds. The minimum absolute atomic E-state index is 0.165. The monoisotopic (exact) mass is 531 g/mol. The van der Waals surface area contributed by atoms with Gasteiger partial charge < -0.3 is 23.9 Å². The standard InChI is InChI=1S/C29H29N3O5S/c1-4-5-8-13-37-26-16-23-20(15-25(26)36-3)27(18-11-12-21-22(14-18)31-38-30-21)28(29(33)34)32(23)17-19-9-6-7-10-24(19)35-2/h6-7,9-12,14-16H,4-5,8,13,17H2,1-3H3,(H,33,34). The van der Waals surface area contributed by atoms with Gasteiger partial charge in [-0.2, -0.15) is 8.75 Å². The Hall–Kier alpha value is -4.11. The summed E-state index contributed by atoms with van der Waals surface area (Å²) >= 11 is 1.13. The molecule has 0 aliphatic heterocycles. The Balaban J connectivity index is 1.77. The van der Waals surface area contributed by atoms with E-state index in [1.54, 1.807) is 14.2 Å². The Morgan fingerprint density at radius 2 is 1.74 bits per heavy atom. The molecule has 0 radical (unpaired) electrons. The third kappa shape index (κ3) is 4.77. The van der Waals surface area contributed by atoms with Crippen LogP contribution in [0.4, 0.5) is 0 Å². The van der Waals surface area contributed by atoms with Gasteiger partial charge in [0, 0.05) is 22.6 Å². The van der Waals surface area contributed by atoms with Crippen molar-refractivity contribution in [3.8, 4) is 28.4 Å². The van der Waals surface area contributed by atoms with Gasteiger partial charge in [-0.25, -0.2) is 4.79 Å². The maximum absolute atomic E-state index is 12.9. The van der Waals surface area contributed by atoms with Gasteiger partial charge in [-0.15, -0.1) is 0 Å². The topological polar surface area (TPSA) is 95.7 Å². The van der Waals surface area contributed by atoms with Crippen molar-refractivity contribution in [1.82, 2.24) is 13.3 Å². The summed E-state index contributed by atoms with van der Waals surface area (Å²) in [6, 6.07) is 17.0. The lowest BCUT2D eigenvalue weighted by molar-refractivity contribution is 0.0687. The molecule has 5 rings (SSSR count). The number of nitrogens with zero attached hydrogens (tertiary/aromatic N) is 3. The average molecular weight is 532 g/mol. The third-order valence-electron chi connectivity index (χ3n) is 6.62. The number of carboxylic acids is 1. The molecule has 0 spiro atoms. The van der Waals surface area contributed by atoms with E-state index >= 15 is 0 Å². The van der Waals surface area contributed by atoms with Gasteiger partial charge in [0.2, 0.25) is 0 Å². The van der Waals surface area contributed by atoms with Gasteiger partial charge in [-0.3, -0.25) is 0 Å². The normalized spacial score (nSPS) is 11.2. The van der Waals surface area contributed by atoms with E-state index < -0.39 is 5.97 Å². The van der Waals surface area contributed by atoms with Crippen molar-refractivity contribution in [3.05, 3.63) is 65.9 Å². The van der Waals surface area contributed by atoms with Crippen LogP contribution < -0.4 is 14.2 Å². The number of benzene rings is 3. The van der Waals surface area contributed by atoms with Crippen LogP contribution >= 0.6 is 11.7 Å². The molecule has 38 heavy (non-hydrogen) atoms. The Labute approximate surface area is 224 Å². The van der Waals surface area contributed by atoms with Crippen LogP contribution in [-0.2, 0) is 6.54 Å². The zero-order valence-electron chi connectivity index (χ0n) is 21.6. The quantitative estimate of drug-likeness (QED) is 0.191. The summed E-state index contributed by atoms with van der Waals surface area (Å²) in [6.45, 7) is 2.99. The molecule has 5 aromatic rings. The number of aromatic nitrogens is 3. The second kappa shape index (κ2) is 11.1. The fraction of sp³-hybridized carbons (Fsp3) is 0.276. The lowest BCUT2D eigenvalue weighted by Gasteiger charge is -2.14. The summed E-state index contributed by atoms with van der Waals surface area (Å²) in [4.78, 5) is 12.9. The highest BCUT2D eigenvalue weighted by molar-refractivity contribution is 7.00. The summed E-state index contributed by atoms with van der Waals surface area (Å²) in [5.41, 5.74) is 4.58. The second-order valence-electron chi connectivity index (χ2n) is 8.97. The highest BCUT2D eigenvalue weighted by Gasteiger charge is 2.26. The van der Waals surface area contributed by atoms with Gasteiger partial charge in [0.15, 0.2) is 11.5 Å². The lowest BCUT2D eigenvalue weighted by atomic mass is 10.0. The number of para-hydroxylation sites is 1. The number of unbranched alkanes of at least 4 members (excludes halogenated alkanes) is 2. The van der Waals surface area contributed by atoms with Gasteiger partial charge in [0.1, 0.15) is 22.5 Å². The van der Waals surface area contributed by atoms with Crippen LogP contribution in [-0.4, -0.2) is 45.2 Å². The molecular formula is C29H29N3O5S. The van der Waals surface area contributed by atoms with E-state index in [9.17, 15) is 9.90 Å². The average Bonchev–Trinajstić information content (AvgIpc) is 3.52. The third-order valence-corrected chi connectivity index (χ3v) is 7.18. The largest absolute Gasteiger partial charge is 0.496 e. The molecule has 2 heterocycles. The summed E-state index contributed by atoms with van der Waals surface area (Å²) < 4.78 is 27.9. The molecule has 0 aliphatic rings. The molecule has 0 bridgehead atoms. The molecule has 0 saturated carbocycles. The maximum Gasteiger partial charge on any atom is 0.353 e. The molecule has 0 saturated heterocycles. The van der Waals surface area contributed by atoms with E-state index in [2.05, 4.69) is 15.7 Å². The summed E-state index contributed by atoms with van der Waals surface area (Å²) in [5.74, 6) is 0.786. The zero-order valence-corrected chi connectivity index (χ0v) is 22.4. The van der Waals surface area contributed by atoms with Gasteiger partial charge in [-0.1, -0.05) is 44.0 Å². The van der Waals surface area contributed by atoms with Crippen molar-refractivity contribution >= 4 is 39.6 Å². The van der Waals surface area contributed by atoms with E-state index in [1.165, 1.54) is 0 Å². The van der Waals surface area contributed by atoms with Crippen LogP contribution in [0.3, 0.4) is 0 Å². The summed E-state index contributed by atoms with van der Waals surface area (Å²) in [6.07, 6.45) is 3.08. The number of rotatable bonds is 11. The molecule has 0 fully saturated rings. The van der Waals surface area contributed by atoms with E-state index in [0.29, 0.717) is 36.0 Å². The maximum atomic E-state index is 12.9. The molecule has 1 N–H and O–H groups in total. The second-order valence-corrected chi connectivity index (χ2v) is 9.50. The van der Waals surface area contributed by atoms with Crippen LogP contribution in [0, 0.1) is 0 Å². The molecule has 0 unspecified atom stereocenters. The van der Waals surface area contributed by atoms with Crippen molar-refractivity contribution in [3.63, 3.8) is 0 Å². The van der Waals surface area contributed by atoms with Crippen molar-refractivity contribution in [1.29, 1.82) is 0 Å². The van der Waals surface area contributed by atoms with Crippen LogP contribution in [0.1, 0.15) is 42.2 Å². The van der Waals surface area contributed by atoms with E-state index in [1.807, 2.05) is 59.2 Å². The molecule has 9 heteroatoms. The molecule has 196 valence electrons. The summed E-state index contributed by atoms with van der Waals surface area (Å²) in [5, 5.41) is 11.3. The number of methoxy groups -OCH3 is 2. The zero-order chi connectivity index (χ0) is 26.6. The predicted octanol–water partition coefficient (Wildman–Crippen LogP) is 6.65. The highest BCUT2D eigenvalue weighted by Crippen LogP contribution is 2.42. The predicted molar refractivity (Wildman–Crippen MR) is 149 cm³/mol. The fourth-order valence-corrected chi connectivity index (χ4v) is 5.30. The number of carbonyl (C=O) groups is 1. The molecule has 0 atom stereocenters. The van der Waals surface area contributed by atoms with Crippen LogP contribution in [0.25, 0.3) is 33.1 Å². The van der Waals surface area contributed by atoms with E-state index in [-0.39, 0.29) is 5.69 Å². The molecule has 3 aromatic carbocycles. The van der Waals surface area contributed by atoms with Crippen molar-refractivity contribution in [2.24, 2.45) is 0 Å². The number of fused-ring (bicyclic) bond motifs is 2. The van der Waals surface area contributed by atoms with Crippen LogP contribution in [0.2, 0.25) is 0 Å². The van der Waals surface area contributed by atoms with E-state index in [0.717, 1.165) is 64.1 Å². The Morgan fingerprint density at radius 1 is 0.947 bits per heavy atom. The molecule has 8 nitrogen and oxygen atoms in total. The van der Waals surface area contributed by atoms with Crippen molar-refractivity contribution in [2.75, 3.05) is 20.8 Å². The fourth-order valence-electron chi connectivity index (χ4n) is 4.78. The minimum atomic E-state index is -1.04. The lowest BCUT2D eigenvalue weighted by Crippen LogP contribution is -2.11. The highest BCUT2D eigenvalue weighted by atomic mass is 32.1. The molecule has 2 aromatic heterocycles. The van der Waals surface area contributed by atoms with Gasteiger partial charge >= 0.3 is 5.97 Å².